The number of halogens is 1. The standard InChI is InChI=1S/C26H31ClN4O3/c1-3-5-12-26(4-2,18-9-7-6-8-10-18)25(33)34-21-14-20-19(21)11-13-31(20)17-24(32)30-23-16-28-15-22(27)29-23/h6-10,15-16,19,21H,3-5,11-14,17H2,1-2H3/p+1. The fourth-order valence-electron chi connectivity index (χ4n) is 5.15. The molecule has 1 aromatic carbocycles. The van der Waals surface area contributed by atoms with E-state index in [1.54, 1.807) is 0 Å². The molecule has 1 aliphatic heterocycles. The smallest absolute Gasteiger partial charge is 0.316 e. The minimum absolute atomic E-state index is 0.116. The lowest BCUT2D eigenvalue weighted by Gasteiger charge is -2.37. The van der Waals surface area contributed by atoms with Gasteiger partial charge in [-0.05, 0) is 18.4 Å². The third-order valence-corrected chi connectivity index (χ3v) is 7.33. The summed E-state index contributed by atoms with van der Waals surface area (Å²) >= 11 is 5.84. The second-order valence-electron chi connectivity index (χ2n) is 9.14. The van der Waals surface area contributed by atoms with Gasteiger partial charge in [-0.3, -0.25) is 14.6 Å². The van der Waals surface area contributed by atoms with Crippen LogP contribution in [-0.4, -0.2) is 51.3 Å². The number of amides is 1. The number of nitrogens with one attached hydrogen (secondary N) is 1. The molecule has 2 aliphatic rings. The van der Waals surface area contributed by atoms with Gasteiger partial charge in [0, 0.05) is 6.42 Å². The quantitative estimate of drug-likeness (QED) is 0.400. The molecule has 0 bridgehead atoms. The molecule has 0 spiro atoms. The van der Waals surface area contributed by atoms with Crippen LogP contribution in [0.1, 0.15) is 57.9 Å². The third-order valence-electron chi connectivity index (χ3n) is 7.15. The van der Waals surface area contributed by atoms with Gasteiger partial charge >= 0.3 is 5.97 Å². The van der Waals surface area contributed by atoms with Crippen molar-refractivity contribution in [3.8, 4) is 0 Å². The molecule has 8 heteroatoms. The zero-order valence-electron chi connectivity index (χ0n) is 19.8. The summed E-state index contributed by atoms with van der Waals surface area (Å²) in [5, 5.41) is 2.97. The van der Waals surface area contributed by atoms with Crippen LogP contribution in [0, 0.1) is 5.92 Å². The molecule has 0 radical (unpaired) electrons. The van der Waals surface area contributed by atoms with Gasteiger partial charge in [-0.25, -0.2) is 9.56 Å². The van der Waals surface area contributed by atoms with Crippen molar-refractivity contribution in [3.05, 3.63) is 53.4 Å². The van der Waals surface area contributed by atoms with E-state index in [1.807, 2.05) is 30.3 Å². The fraction of sp³-hybridized carbons (Fsp3) is 0.500. The number of carbonyl (C=O) groups excluding carboxylic acids is 2. The van der Waals surface area contributed by atoms with Crippen molar-refractivity contribution in [1.82, 2.24) is 9.97 Å². The Morgan fingerprint density at radius 1 is 1.24 bits per heavy atom. The predicted octanol–water partition coefficient (Wildman–Crippen LogP) is 4.40. The van der Waals surface area contributed by atoms with E-state index in [2.05, 4.69) is 33.7 Å². The molecule has 34 heavy (non-hydrogen) atoms. The van der Waals surface area contributed by atoms with Gasteiger partial charge in [0.25, 0.3) is 5.91 Å². The highest BCUT2D eigenvalue weighted by Gasteiger charge is 2.52. The normalized spacial score (nSPS) is 20.8. The number of fused-ring (bicyclic) bond motifs is 1. The van der Waals surface area contributed by atoms with Crippen molar-refractivity contribution in [1.29, 1.82) is 0 Å². The minimum atomic E-state index is -0.608. The molecule has 180 valence electrons. The van der Waals surface area contributed by atoms with E-state index in [1.165, 1.54) is 18.1 Å². The summed E-state index contributed by atoms with van der Waals surface area (Å²) in [6.07, 6.45) is 7.84. The second kappa shape index (κ2) is 10.6. The van der Waals surface area contributed by atoms with Gasteiger partial charge in [0.15, 0.2) is 11.5 Å². The molecule has 1 amide bonds. The van der Waals surface area contributed by atoms with Crippen LogP contribution < -0.4 is 5.32 Å². The molecule has 2 aromatic rings. The van der Waals surface area contributed by atoms with E-state index in [-0.39, 0.29) is 35.6 Å². The topological polar surface area (TPSA) is 84.2 Å². The number of nitrogens with zero attached hydrogens (tertiary/aromatic N) is 3. The third kappa shape index (κ3) is 4.99. The van der Waals surface area contributed by atoms with Crippen molar-refractivity contribution in [2.75, 3.05) is 18.4 Å². The maximum atomic E-state index is 13.6. The van der Waals surface area contributed by atoms with Gasteiger partial charge in [-0.1, -0.05) is 68.6 Å². The van der Waals surface area contributed by atoms with E-state index < -0.39 is 5.41 Å². The molecule has 1 saturated carbocycles. The van der Waals surface area contributed by atoms with Crippen molar-refractivity contribution in [3.63, 3.8) is 0 Å². The average Bonchev–Trinajstić information content (AvgIpc) is 3.13. The SMILES string of the molecule is CCCCC(CC)(C(=O)OC1CC2=[N+](CC(=O)Nc3cncc(Cl)n3)CCC21)c1ccccc1. The highest BCUT2D eigenvalue weighted by molar-refractivity contribution is 6.29. The maximum absolute atomic E-state index is 13.6. The minimum Gasteiger partial charge on any atom is -0.460 e. The van der Waals surface area contributed by atoms with Crippen molar-refractivity contribution in [2.45, 2.75) is 63.9 Å². The molecular formula is C26H32ClN4O3+. The van der Waals surface area contributed by atoms with Gasteiger partial charge in [0.1, 0.15) is 17.8 Å². The number of unbranched alkanes of at least 4 members (excludes halogenated alkanes) is 1. The van der Waals surface area contributed by atoms with Crippen LogP contribution in [0.25, 0.3) is 0 Å². The Morgan fingerprint density at radius 2 is 2.03 bits per heavy atom. The molecule has 3 atom stereocenters. The van der Waals surface area contributed by atoms with Crippen molar-refractivity contribution < 1.29 is 18.9 Å². The molecule has 1 aliphatic carbocycles. The Bertz CT molecular complexity index is 1070. The molecule has 0 saturated heterocycles. The molecule has 1 fully saturated rings. The molecular weight excluding hydrogens is 452 g/mol. The number of hydrogen-bond donors (Lipinski definition) is 1. The maximum Gasteiger partial charge on any atom is 0.316 e. The Hall–Kier alpha value is -2.80. The molecule has 1 N–H and O–H groups in total. The first-order valence-electron chi connectivity index (χ1n) is 12.1. The number of rotatable bonds is 10. The van der Waals surface area contributed by atoms with Gasteiger partial charge in [0.2, 0.25) is 6.54 Å². The molecule has 1 aromatic heterocycles. The largest absolute Gasteiger partial charge is 0.460 e. The van der Waals surface area contributed by atoms with Gasteiger partial charge in [-0.15, -0.1) is 0 Å². The highest BCUT2D eigenvalue weighted by Crippen LogP contribution is 2.40. The number of ether oxygens (including phenoxy) is 1. The number of esters is 1. The Morgan fingerprint density at radius 3 is 2.74 bits per heavy atom. The van der Waals surface area contributed by atoms with Gasteiger partial charge in [0.05, 0.1) is 30.1 Å². The number of hydrogen-bond acceptors (Lipinski definition) is 5. The first-order chi connectivity index (χ1) is 16.5. The van der Waals surface area contributed by atoms with Gasteiger partial charge in [-0.2, -0.15) is 0 Å². The van der Waals surface area contributed by atoms with Crippen LogP contribution in [-0.2, 0) is 19.7 Å². The van der Waals surface area contributed by atoms with Crippen LogP contribution >= 0.6 is 11.6 Å². The Kier molecular flexibility index (Phi) is 7.61. The Balaban J connectivity index is 1.40. The Labute approximate surface area is 205 Å². The fourth-order valence-corrected chi connectivity index (χ4v) is 5.29. The van der Waals surface area contributed by atoms with Crippen LogP contribution in [0.2, 0.25) is 5.15 Å². The molecule has 2 heterocycles. The van der Waals surface area contributed by atoms with E-state index in [0.29, 0.717) is 18.7 Å². The zero-order chi connectivity index (χ0) is 24.1. The summed E-state index contributed by atoms with van der Waals surface area (Å²) in [4.78, 5) is 34.0. The van der Waals surface area contributed by atoms with Crippen molar-refractivity contribution >= 4 is 35.0 Å². The highest BCUT2D eigenvalue weighted by atomic mass is 35.5. The average molecular weight is 484 g/mol. The van der Waals surface area contributed by atoms with Crippen LogP contribution in [0.15, 0.2) is 42.7 Å². The first-order valence-corrected chi connectivity index (χ1v) is 12.5. The predicted molar refractivity (Wildman–Crippen MR) is 131 cm³/mol. The molecule has 4 rings (SSSR count). The van der Waals surface area contributed by atoms with E-state index in [4.69, 9.17) is 16.3 Å². The monoisotopic (exact) mass is 483 g/mol. The summed E-state index contributed by atoms with van der Waals surface area (Å²) in [6, 6.07) is 10.0. The molecule has 3 unspecified atom stereocenters. The van der Waals surface area contributed by atoms with Crippen LogP contribution in [0.5, 0.6) is 0 Å². The van der Waals surface area contributed by atoms with E-state index in [0.717, 1.165) is 37.8 Å². The summed E-state index contributed by atoms with van der Waals surface area (Å²) in [5.74, 6) is 0.245. The summed E-state index contributed by atoms with van der Waals surface area (Å²) in [6.45, 7) is 5.23. The lowest BCUT2D eigenvalue weighted by molar-refractivity contribution is -0.509. The second-order valence-corrected chi connectivity index (χ2v) is 9.52. The molecule has 7 nitrogen and oxygen atoms in total. The van der Waals surface area contributed by atoms with Gasteiger partial charge < -0.3 is 10.1 Å². The van der Waals surface area contributed by atoms with Crippen LogP contribution in [0.4, 0.5) is 5.82 Å². The lowest BCUT2D eigenvalue weighted by atomic mass is 9.73. The summed E-state index contributed by atoms with van der Waals surface area (Å²) in [5.41, 5.74) is 1.62. The summed E-state index contributed by atoms with van der Waals surface area (Å²) in [7, 11) is 0. The van der Waals surface area contributed by atoms with Crippen LogP contribution in [0.3, 0.4) is 0 Å². The van der Waals surface area contributed by atoms with E-state index in [9.17, 15) is 9.59 Å². The number of aromatic nitrogens is 2. The van der Waals surface area contributed by atoms with Crippen molar-refractivity contribution in [2.24, 2.45) is 5.92 Å². The number of anilines is 1. The number of carbonyl (C=O) groups is 2. The number of benzene rings is 1. The summed E-state index contributed by atoms with van der Waals surface area (Å²) < 4.78 is 8.24. The van der Waals surface area contributed by atoms with E-state index >= 15 is 0 Å². The first kappa shape index (κ1) is 24.3. The lowest BCUT2D eigenvalue weighted by Crippen LogP contribution is -2.49. The zero-order valence-corrected chi connectivity index (χ0v) is 20.6.